The molecule has 4 rings (SSSR count). The molecule has 0 bridgehead atoms. The van der Waals surface area contributed by atoms with Gasteiger partial charge in [0, 0.05) is 22.3 Å². The summed E-state index contributed by atoms with van der Waals surface area (Å²) in [6, 6.07) is 17.3. The summed E-state index contributed by atoms with van der Waals surface area (Å²) in [5.74, 6) is 4.75. The predicted molar refractivity (Wildman–Crippen MR) is 187 cm³/mol. The summed E-state index contributed by atoms with van der Waals surface area (Å²) in [6.45, 7) is 4.07. The van der Waals surface area contributed by atoms with Crippen molar-refractivity contribution in [3.63, 3.8) is 0 Å². The molecule has 0 amide bonds. The maximum atomic E-state index is 11.7. The molecule has 0 radical (unpaired) electrons. The van der Waals surface area contributed by atoms with Crippen molar-refractivity contribution >= 4 is 131 Å². The zero-order valence-corrected chi connectivity index (χ0v) is 37.8. The van der Waals surface area contributed by atoms with Crippen LogP contribution in [0.3, 0.4) is 0 Å². The van der Waals surface area contributed by atoms with Crippen LogP contribution in [0.15, 0.2) is 42.5 Å². The van der Waals surface area contributed by atoms with Gasteiger partial charge in [-0.05, 0) is 44.0 Å². The van der Waals surface area contributed by atoms with Gasteiger partial charge in [-0.25, -0.2) is 0 Å². The first-order chi connectivity index (χ1) is 17.7. The number of fused-ring (bicyclic) bond motifs is 1. The Bertz CT molecular complexity index is 917. The zero-order chi connectivity index (χ0) is 30.3. The molecule has 0 saturated carbocycles. The minimum Gasteiger partial charge on any atom is -0.183 e. The minimum atomic E-state index is -5.39. The quantitative estimate of drug-likeness (QED) is 0.0572. The maximum Gasteiger partial charge on any atom is -0.0648 e. The summed E-state index contributed by atoms with van der Waals surface area (Å²) >= 11 is 4.68. The molecule has 2 aromatic carbocycles. The van der Waals surface area contributed by atoms with Crippen molar-refractivity contribution < 1.29 is 105 Å². The van der Waals surface area contributed by atoms with Crippen LogP contribution in [-0.4, -0.2) is 174 Å². The van der Waals surface area contributed by atoms with E-state index in [1.54, 1.807) is 0 Å². The van der Waals surface area contributed by atoms with Crippen LogP contribution in [-0.2, 0) is 24.8 Å². The van der Waals surface area contributed by atoms with E-state index in [-0.39, 0.29) is 90.7 Å². The molecule has 0 aromatic heterocycles. The molecule has 2 aliphatic heterocycles. The summed E-state index contributed by atoms with van der Waals surface area (Å²) in [7, 11) is -8.50. The van der Waals surface area contributed by atoms with Crippen molar-refractivity contribution in [1.29, 1.82) is 0 Å². The number of hydrogen-bond acceptors (Lipinski definition) is 10. The standard InChI is InChI=1S/C10H7.C4H9F3O3SSi.C3H6OS.C3H6S.BrH.Mg.2Na.H2O2S.H2O2.7H2O/c1-2-6-10-8-4-3-7-9(10)5-1;1-12(2,3)10-11(8,9)4(5,6)7;4-5-2-1-3-5;1-2-4-3-1;;;;;1-3-2;1-2;;;;;;;/h1-3,5-8H;1-3H3;1-3H2;1-3H2;1H;;;;1-2H;1-2H;7*1H2/q-1;;;;;+2;;;;;;;;;;;/p-1. The third kappa shape index (κ3) is 50.4. The van der Waals surface area contributed by atoms with E-state index in [0.29, 0.717) is 0 Å². The number of hydrogen-bond donors (Lipinski definition) is 4. The van der Waals surface area contributed by atoms with Crippen LogP contribution < -0.4 is 17.0 Å². The molecule has 2 fully saturated rings. The third-order valence-corrected chi connectivity index (χ3v) is 9.65. The van der Waals surface area contributed by atoms with Gasteiger partial charge in [-0.3, -0.25) is 14.7 Å². The molecule has 0 aliphatic carbocycles. The van der Waals surface area contributed by atoms with Crippen molar-refractivity contribution in [1.82, 2.24) is 0 Å². The van der Waals surface area contributed by atoms with E-state index in [1.807, 2.05) is 36.0 Å². The summed E-state index contributed by atoms with van der Waals surface area (Å²) < 4.78 is 83.8. The number of rotatable bonds is 2. The Kier molecular flexibility index (Phi) is 88.6. The van der Waals surface area contributed by atoms with E-state index < -0.39 is 34.7 Å². The van der Waals surface area contributed by atoms with Gasteiger partial charge in [-0.15, -0.1) is 16.8 Å². The first-order valence-corrected chi connectivity index (χ1v) is 27.4. The van der Waals surface area contributed by atoms with Crippen LogP contribution in [0.1, 0.15) is 12.8 Å². The van der Waals surface area contributed by atoms with Crippen LogP contribution in [0.25, 0.3) is 10.8 Å². The molecule has 0 spiro atoms. The molecular weight excluding hydrogens is 844 g/mol. The van der Waals surface area contributed by atoms with Crippen molar-refractivity contribution in [2.75, 3.05) is 23.0 Å². The average molecular weight is 890 g/mol. The molecule has 18 N–H and O–H groups in total. The Labute approximate surface area is 340 Å². The normalized spacial score (nSPS) is 11.4. The second-order valence-corrected chi connectivity index (χ2v) is 17.0. The molecular formula is C20H46BrF3MgNa2O15S4Si. The van der Waals surface area contributed by atoms with Crippen LogP contribution in [0.4, 0.5) is 13.2 Å². The zero-order valence-electron chi connectivity index (χ0n) is 26.6. The van der Waals surface area contributed by atoms with Gasteiger partial charge < -0.3 is 68.3 Å². The predicted octanol–water partition coefficient (Wildman–Crippen LogP) is -3.64. The molecule has 15 nitrogen and oxygen atoms in total. The number of benzene rings is 2. The Morgan fingerprint density at radius 3 is 1.40 bits per heavy atom. The van der Waals surface area contributed by atoms with Crippen molar-refractivity contribution in [3.05, 3.63) is 48.5 Å². The fourth-order valence-electron chi connectivity index (χ4n) is 1.85. The molecule has 47 heavy (non-hydrogen) atoms. The molecule has 2 aliphatic rings. The molecule has 276 valence electrons. The molecule has 2 aromatic rings. The Morgan fingerprint density at radius 1 is 0.894 bits per heavy atom. The Hall–Kier alpha value is 2.27. The SMILES string of the molecule is C1CSC1.C[Si](C)(C)OS(=O)(=O)C(F)(F)F.O.O.O.O.O.O.O.O=S1CCC1.OO.OSO.[Br-].[Mg+2].[Na][Na].[c-]1ccc2ccccc2c1. The summed E-state index contributed by atoms with van der Waals surface area (Å²) in [5, 5.41) is 14.5. The van der Waals surface area contributed by atoms with Crippen LogP contribution >= 0.6 is 24.1 Å². The summed E-state index contributed by atoms with van der Waals surface area (Å²) in [4.78, 5) is 0. The van der Waals surface area contributed by atoms with Crippen molar-refractivity contribution in [2.24, 2.45) is 0 Å². The van der Waals surface area contributed by atoms with E-state index in [2.05, 4.69) is 28.1 Å². The monoisotopic (exact) mass is 888 g/mol. The maximum absolute atomic E-state index is 11.7. The molecule has 0 unspecified atom stereocenters. The first-order valence-electron chi connectivity index (χ1n) is 11.2. The van der Waals surface area contributed by atoms with Gasteiger partial charge in [-0.2, -0.15) is 57.6 Å². The topological polar surface area (TPSA) is 362 Å². The van der Waals surface area contributed by atoms with Gasteiger partial charge in [0.05, 0.1) is 0 Å². The van der Waals surface area contributed by atoms with Crippen molar-refractivity contribution in [2.45, 2.75) is 38.0 Å². The minimum absolute atomic E-state index is 0. The van der Waals surface area contributed by atoms with Crippen LogP contribution in [0.5, 0.6) is 0 Å². The third-order valence-electron chi connectivity index (χ3n) is 3.56. The van der Waals surface area contributed by atoms with Crippen LogP contribution in [0, 0.1) is 6.07 Å². The molecule has 0 atom stereocenters. The van der Waals surface area contributed by atoms with E-state index in [1.165, 1.54) is 98.4 Å². The van der Waals surface area contributed by atoms with Crippen molar-refractivity contribution in [3.8, 4) is 0 Å². The second kappa shape index (κ2) is 50.4. The largest absolute Gasteiger partial charge is 0.183 e. The van der Waals surface area contributed by atoms with E-state index >= 15 is 0 Å². The molecule has 2 heterocycles. The average Bonchev–Trinajstić information content (AvgIpc) is 2.78. The summed E-state index contributed by atoms with van der Waals surface area (Å²) in [6.07, 6.45) is 2.65. The van der Waals surface area contributed by atoms with Crippen LogP contribution in [0.2, 0.25) is 19.6 Å². The summed E-state index contributed by atoms with van der Waals surface area (Å²) in [5.41, 5.74) is -5.31. The second-order valence-electron chi connectivity index (χ2n) is 7.62. The van der Waals surface area contributed by atoms with Gasteiger partial charge in [0.1, 0.15) is 0 Å². The fraction of sp³-hybridized carbons (Fsp3) is 0.500. The first kappa shape index (κ1) is 82.6. The van der Waals surface area contributed by atoms with E-state index in [9.17, 15) is 25.8 Å². The number of alkyl halides is 3. The van der Waals surface area contributed by atoms with Gasteiger partial charge in [0.25, 0.3) is 0 Å². The van der Waals surface area contributed by atoms with Gasteiger partial charge in [0.2, 0.25) is 8.32 Å². The number of halogens is 4. The number of thioether (sulfide) groups is 1. The Morgan fingerprint density at radius 2 is 1.21 bits per heavy atom. The Balaban J connectivity index is -0.0000000320. The smallest absolute Gasteiger partial charge is 0.0648 e. The van der Waals surface area contributed by atoms with E-state index in [4.69, 9.17) is 19.6 Å². The fourth-order valence-corrected chi connectivity index (χ4v) is 5.68. The van der Waals surface area contributed by atoms with Gasteiger partial charge in [-0.1, -0.05) is 18.2 Å². The molecule has 27 heteroatoms. The molecule has 2 saturated heterocycles. The van der Waals surface area contributed by atoms with Gasteiger partial charge >= 0.3 is 82.3 Å². The van der Waals surface area contributed by atoms with Gasteiger partial charge in [0.15, 0.2) is 12.3 Å². The van der Waals surface area contributed by atoms with E-state index in [0.717, 1.165) is 11.5 Å².